The Morgan fingerprint density at radius 3 is 2.77 bits per heavy atom. The predicted octanol–water partition coefficient (Wildman–Crippen LogP) is 4.60. The van der Waals surface area contributed by atoms with E-state index < -0.39 is 0 Å². The molecule has 0 aliphatic rings. The fourth-order valence-corrected chi connectivity index (χ4v) is 3.83. The lowest BCUT2D eigenvalue weighted by atomic mass is 9.86. The van der Waals surface area contributed by atoms with Crippen molar-refractivity contribution in [3.05, 3.63) is 53.3 Å². The molecule has 0 unspecified atom stereocenters. The normalized spacial score (nSPS) is 11.5. The van der Waals surface area contributed by atoms with Crippen LogP contribution in [0.25, 0.3) is 10.6 Å². The zero-order chi connectivity index (χ0) is 18.6. The lowest BCUT2D eigenvalue weighted by Gasteiger charge is -2.21. The number of aliphatic hydroxyl groups is 1. The Kier molecular flexibility index (Phi) is 5.64. The summed E-state index contributed by atoms with van der Waals surface area (Å²) >= 11 is 1.66. The summed E-state index contributed by atoms with van der Waals surface area (Å²) in [6.07, 6.45) is 5.28. The Labute approximate surface area is 158 Å². The van der Waals surface area contributed by atoms with Crippen LogP contribution in [-0.4, -0.2) is 26.7 Å². The number of pyridine rings is 2. The van der Waals surface area contributed by atoms with Crippen molar-refractivity contribution in [3.63, 3.8) is 0 Å². The van der Waals surface area contributed by atoms with Gasteiger partial charge in [0.05, 0.1) is 15.6 Å². The van der Waals surface area contributed by atoms with Crippen molar-refractivity contribution in [1.29, 1.82) is 0 Å². The molecule has 3 aromatic heterocycles. The van der Waals surface area contributed by atoms with Gasteiger partial charge in [0.15, 0.2) is 0 Å². The first-order chi connectivity index (χ1) is 12.4. The van der Waals surface area contributed by atoms with Crippen LogP contribution in [0.15, 0.2) is 42.7 Å². The van der Waals surface area contributed by atoms with Crippen LogP contribution in [-0.2, 0) is 6.42 Å². The first-order valence-corrected chi connectivity index (χ1v) is 9.49. The summed E-state index contributed by atoms with van der Waals surface area (Å²) in [6.45, 7) is 6.55. The highest BCUT2D eigenvalue weighted by molar-refractivity contribution is 7.15. The van der Waals surface area contributed by atoms with Gasteiger partial charge < -0.3 is 10.4 Å². The molecule has 136 valence electrons. The summed E-state index contributed by atoms with van der Waals surface area (Å²) in [6, 6.07) is 9.86. The molecule has 0 amide bonds. The number of aliphatic hydroxyl groups excluding tert-OH is 1. The van der Waals surface area contributed by atoms with Gasteiger partial charge in [-0.3, -0.25) is 0 Å². The van der Waals surface area contributed by atoms with Gasteiger partial charge in [0.25, 0.3) is 0 Å². The second-order valence-electron chi connectivity index (χ2n) is 7.18. The average Bonchev–Trinajstić information content (AvgIpc) is 3.03. The first-order valence-electron chi connectivity index (χ1n) is 8.68. The van der Waals surface area contributed by atoms with Crippen LogP contribution in [0.4, 0.5) is 11.6 Å². The van der Waals surface area contributed by atoms with Crippen LogP contribution in [0.1, 0.15) is 30.8 Å². The summed E-state index contributed by atoms with van der Waals surface area (Å²) < 4.78 is 0. The molecule has 0 fully saturated rings. The number of aromatic nitrogens is 3. The third-order valence-electron chi connectivity index (χ3n) is 4.15. The smallest absolute Gasteiger partial charge is 0.132 e. The largest absolute Gasteiger partial charge is 0.396 e. The van der Waals surface area contributed by atoms with E-state index in [0.29, 0.717) is 0 Å². The second-order valence-corrected chi connectivity index (χ2v) is 8.30. The van der Waals surface area contributed by atoms with Gasteiger partial charge in [0.1, 0.15) is 11.6 Å². The van der Waals surface area contributed by atoms with Gasteiger partial charge in [-0.05, 0) is 48.6 Å². The van der Waals surface area contributed by atoms with Crippen molar-refractivity contribution < 1.29 is 5.11 Å². The van der Waals surface area contributed by atoms with Gasteiger partial charge in [-0.1, -0.05) is 19.9 Å². The van der Waals surface area contributed by atoms with Crippen molar-refractivity contribution in [2.45, 2.75) is 33.6 Å². The number of thiazole rings is 1. The quantitative estimate of drug-likeness (QED) is 0.637. The SMILES string of the molecule is Cc1ccnc(Nc2cccc(-c3cnc(CC(C)(C)CCO)s3)n2)c1. The number of aryl methyl sites for hydroxylation is 1. The summed E-state index contributed by atoms with van der Waals surface area (Å²) in [4.78, 5) is 14.6. The van der Waals surface area contributed by atoms with Crippen molar-refractivity contribution in [1.82, 2.24) is 15.0 Å². The molecule has 0 saturated carbocycles. The van der Waals surface area contributed by atoms with Gasteiger partial charge in [0, 0.05) is 25.4 Å². The van der Waals surface area contributed by atoms with E-state index in [9.17, 15) is 5.11 Å². The summed E-state index contributed by atoms with van der Waals surface area (Å²) in [5.74, 6) is 1.54. The number of hydrogen-bond donors (Lipinski definition) is 2. The van der Waals surface area contributed by atoms with E-state index in [1.54, 1.807) is 17.5 Å². The molecule has 0 aromatic carbocycles. The Balaban J connectivity index is 1.76. The Morgan fingerprint density at radius 1 is 1.15 bits per heavy atom. The molecule has 0 spiro atoms. The molecular weight excluding hydrogens is 344 g/mol. The number of nitrogens with zero attached hydrogens (tertiary/aromatic N) is 3. The van der Waals surface area contributed by atoms with Gasteiger partial charge in [-0.15, -0.1) is 11.3 Å². The van der Waals surface area contributed by atoms with Crippen LogP contribution in [0.5, 0.6) is 0 Å². The van der Waals surface area contributed by atoms with Gasteiger partial charge in [-0.2, -0.15) is 0 Å². The van der Waals surface area contributed by atoms with Crippen molar-refractivity contribution >= 4 is 23.0 Å². The van der Waals surface area contributed by atoms with Crippen LogP contribution >= 0.6 is 11.3 Å². The highest BCUT2D eigenvalue weighted by Crippen LogP contribution is 2.31. The molecule has 3 heterocycles. The number of rotatable bonds is 7. The van der Waals surface area contributed by atoms with E-state index >= 15 is 0 Å². The molecule has 6 heteroatoms. The molecule has 2 N–H and O–H groups in total. The molecule has 0 aliphatic carbocycles. The number of hydrogen-bond acceptors (Lipinski definition) is 6. The first kappa shape index (κ1) is 18.5. The van der Waals surface area contributed by atoms with Crippen LogP contribution in [0.2, 0.25) is 0 Å². The van der Waals surface area contributed by atoms with Crippen molar-refractivity contribution in [2.75, 3.05) is 11.9 Å². The topological polar surface area (TPSA) is 70.9 Å². The number of nitrogens with one attached hydrogen (secondary N) is 1. The fraction of sp³-hybridized carbons (Fsp3) is 0.350. The van der Waals surface area contributed by atoms with Gasteiger partial charge >= 0.3 is 0 Å². The van der Waals surface area contributed by atoms with Gasteiger partial charge in [-0.25, -0.2) is 15.0 Å². The lowest BCUT2D eigenvalue weighted by molar-refractivity contribution is 0.211. The standard InChI is InChI=1S/C20H24N4OS/c1-14-7-9-21-18(11-14)24-17-6-4-5-15(23-17)16-13-22-19(26-16)12-20(2,3)8-10-25/h4-7,9,11,13,25H,8,10,12H2,1-3H3,(H,21,23,24). The van der Waals surface area contributed by atoms with E-state index in [0.717, 1.165) is 45.6 Å². The average molecular weight is 369 g/mol. The molecule has 26 heavy (non-hydrogen) atoms. The molecule has 0 bridgehead atoms. The molecule has 0 aliphatic heterocycles. The zero-order valence-corrected chi connectivity index (χ0v) is 16.2. The minimum atomic E-state index is 0.0392. The third kappa shape index (κ3) is 4.86. The van der Waals surface area contributed by atoms with Crippen molar-refractivity contribution in [2.24, 2.45) is 5.41 Å². The maximum Gasteiger partial charge on any atom is 0.132 e. The van der Waals surface area contributed by atoms with Gasteiger partial charge in [0.2, 0.25) is 0 Å². The number of anilines is 2. The maximum atomic E-state index is 9.19. The molecule has 3 rings (SSSR count). The summed E-state index contributed by atoms with van der Waals surface area (Å²) in [5.41, 5.74) is 2.08. The third-order valence-corrected chi connectivity index (χ3v) is 5.16. The van der Waals surface area contributed by atoms with Crippen molar-refractivity contribution in [3.8, 4) is 10.6 Å². The summed E-state index contributed by atoms with van der Waals surface area (Å²) in [7, 11) is 0. The molecule has 0 radical (unpaired) electrons. The van der Waals surface area contributed by atoms with E-state index in [2.05, 4.69) is 29.1 Å². The molecule has 0 saturated heterocycles. The Morgan fingerprint density at radius 2 is 2.00 bits per heavy atom. The van der Waals surface area contributed by atoms with Crippen LogP contribution in [0, 0.1) is 12.3 Å². The fourth-order valence-electron chi connectivity index (χ4n) is 2.69. The molecular formula is C20H24N4OS. The Hall–Kier alpha value is -2.31. The van der Waals surface area contributed by atoms with E-state index in [-0.39, 0.29) is 12.0 Å². The maximum absolute atomic E-state index is 9.19. The highest BCUT2D eigenvalue weighted by atomic mass is 32.1. The van der Waals surface area contributed by atoms with Crippen LogP contribution in [0.3, 0.4) is 0 Å². The molecule has 3 aromatic rings. The highest BCUT2D eigenvalue weighted by Gasteiger charge is 2.20. The molecule has 0 atom stereocenters. The summed E-state index contributed by atoms with van der Waals surface area (Å²) in [5, 5.41) is 13.5. The zero-order valence-electron chi connectivity index (χ0n) is 15.4. The van der Waals surface area contributed by atoms with E-state index in [1.165, 1.54) is 0 Å². The van der Waals surface area contributed by atoms with E-state index in [1.807, 2.05) is 43.5 Å². The monoisotopic (exact) mass is 368 g/mol. The lowest BCUT2D eigenvalue weighted by Crippen LogP contribution is -2.16. The second kappa shape index (κ2) is 7.93. The molecule has 5 nitrogen and oxygen atoms in total. The van der Waals surface area contributed by atoms with Crippen LogP contribution < -0.4 is 5.32 Å². The predicted molar refractivity (Wildman–Crippen MR) is 107 cm³/mol. The Bertz CT molecular complexity index is 876. The minimum absolute atomic E-state index is 0.0392. The minimum Gasteiger partial charge on any atom is -0.396 e. The van der Waals surface area contributed by atoms with E-state index in [4.69, 9.17) is 4.98 Å².